The van der Waals surface area contributed by atoms with Gasteiger partial charge < -0.3 is 10.2 Å². The van der Waals surface area contributed by atoms with E-state index < -0.39 is 0 Å². The Balaban J connectivity index is 1.62. The minimum absolute atomic E-state index is 0.000281. The van der Waals surface area contributed by atoms with E-state index in [-0.39, 0.29) is 43.8 Å². The van der Waals surface area contributed by atoms with E-state index >= 15 is 0 Å². The highest BCUT2D eigenvalue weighted by Gasteiger charge is 2.28. The van der Waals surface area contributed by atoms with E-state index in [1.54, 1.807) is 22.8 Å². The van der Waals surface area contributed by atoms with E-state index in [1.807, 2.05) is 0 Å². The summed E-state index contributed by atoms with van der Waals surface area (Å²) in [6, 6.07) is -0.0393. The first-order chi connectivity index (χ1) is 12.8. The summed E-state index contributed by atoms with van der Waals surface area (Å²) < 4.78 is 1.56. The van der Waals surface area contributed by atoms with Crippen LogP contribution in [0.2, 0.25) is 20.2 Å². The van der Waals surface area contributed by atoms with E-state index in [0.29, 0.717) is 31.5 Å². The molecule has 1 aliphatic heterocycles. The molecule has 11 heteroatoms. The van der Waals surface area contributed by atoms with Gasteiger partial charge in [0.1, 0.15) is 10.8 Å². The molecule has 2 amide bonds. The normalized spacial score (nSPS) is 15.1. The zero-order valence-electron chi connectivity index (χ0n) is 14.2. The van der Waals surface area contributed by atoms with Gasteiger partial charge in [0.25, 0.3) is 11.8 Å². The smallest absolute Gasteiger partial charge is 0.274 e. The second-order valence-corrected chi connectivity index (χ2v) is 7.63. The first kappa shape index (κ1) is 20.2. The third kappa shape index (κ3) is 4.32. The van der Waals surface area contributed by atoms with Crippen LogP contribution in [0.1, 0.15) is 33.7 Å². The number of hydrogen-bond acceptors (Lipinski definition) is 4. The number of rotatable bonds is 3. The summed E-state index contributed by atoms with van der Waals surface area (Å²) in [5.41, 5.74) is 0.464. The van der Waals surface area contributed by atoms with Crippen molar-refractivity contribution in [2.24, 2.45) is 7.05 Å². The lowest BCUT2D eigenvalue weighted by atomic mass is 10.0. The molecule has 0 radical (unpaired) electrons. The number of likely N-dealkylation sites (tertiary alicyclic amines) is 1. The minimum atomic E-state index is -0.377. The molecule has 0 unspecified atom stereocenters. The van der Waals surface area contributed by atoms with E-state index in [2.05, 4.69) is 15.4 Å². The van der Waals surface area contributed by atoms with E-state index in [9.17, 15) is 9.59 Å². The monoisotopic (exact) mass is 449 g/mol. The molecule has 0 atom stereocenters. The number of halogens is 4. The molecular formula is C16H15Cl4N5O2. The third-order valence-electron chi connectivity index (χ3n) is 4.27. The van der Waals surface area contributed by atoms with Gasteiger partial charge in [-0.1, -0.05) is 46.4 Å². The first-order valence-electron chi connectivity index (χ1n) is 8.06. The molecule has 0 aromatic carbocycles. The quantitative estimate of drug-likeness (QED) is 0.726. The highest BCUT2D eigenvalue weighted by molar-refractivity contribution is 6.52. The third-order valence-corrected chi connectivity index (χ3v) is 5.95. The summed E-state index contributed by atoms with van der Waals surface area (Å²) in [5.74, 6) is -0.564. The summed E-state index contributed by atoms with van der Waals surface area (Å²) in [7, 11) is 1.75. The molecule has 27 heavy (non-hydrogen) atoms. The topological polar surface area (TPSA) is 80.1 Å². The van der Waals surface area contributed by atoms with Crippen molar-refractivity contribution in [2.45, 2.75) is 18.9 Å². The van der Waals surface area contributed by atoms with E-state index in [0.717, 1.165) is 0 Å². The number of amides is 2. The maximum absolute atomic E-state index is 12.7. The molecule has 3 rings (SSSR count). The second-order valence-electron chi connectivity index (χ2n) is 6.14. The van der Waals surface area contributed by atoms with Crippen LogP contribution in [0, 0.1) is 0 Å². The van der Waals surface area contributed by atoms with Crippen LogP contribution in [-0.2, 0) is 7.05 Å². The Labute approximate surface area is 175 Å². The Morgan fingerprint density at radius 2 is 1.78 bits per heavy atom. The Bertz CT molecular complexity index is 893. The molecule has 1 N–H and O–H groups in total. The molecule has 0 spiro atoms. The van der Waals surface area contributed by atoms with Crippen molar-refractivity contribution in [3.05, 3.63) is 43.9 Å². The molecular weight excluding hydrogens is 436 g/mol. The SMILES string of the molecule is Cn1cc(C(=O)NC2CCN(C(=O)c3nc(Cl)c(Cl)c(Cl)c3Cl)CC2)cn1. The molecule has 0 saturated carbocycles. The molecule has 0 bridgehead atoms. The number of aromatic nitrogens is 3. The lowest BCUT2D eigenvalue weighted by Crippen LogP contribution is -2.46. The largest absolute Gasteiger partial charge is 0.349 e. The molecule has 144 valence electrons. The molecule has 3 heterocycles. The van der Waals surface area contributed by atoms with Gasteiger partial charge in [-0.3, -0.25) is 14.3 Å². The highest BCUT2D eigenvalue weighted by atomic mass is 35.5. The Morgan fingerprint density at radius 3 is 2.37 bits per heavy atom. The van der Waals surface area contributed by atoms with Crippen LogP contribution in [-0.4, -0.2) is 50.6 Å². The van der Waals surface area contributed by atoms with Crippen molar-refractivity contribution in [3.63, 3.8) is 0 Å². The summed E-state index contributed by atoms with van der Waals surface area (Å²) in [6.45, 7) is 0.874. The first-order valence-corrected chi connectivity index (χ1v) is 9.58. The summed E-state index contributed by atoms with van der Waals surface area (Å²) in [4.78, 5) is 30.5. The zero-order valence-corrected chi connectivity index (χ0v) is 17.2. The number of aryl methyl sites for hydroxylation is 1. The van der Waals surface area contributed by atoms with Gasteiger partial charge >= 0.3 is 0 Å². The Morgan fingerprint density at radius 1 is 1.11 bits per heavy atom. The summed E-state index contributed by atoms with van der Waals surface area (Å²) in [6.07, 6.45) is 4.36. The van der Waals surface area contributed by atoms with Gasteiger partial charge in [-0.15, -0.1) is 0 Å². The lowest BCUT2D eigenvalue weighted by Gasteiger charge is -2.32. The van der Waals surface area contributed by atoms with Crippen LogP contribution in [0.25, 0.3) is 0 Å². The van der Waals surface area contributed by atoms with Gasteiger partial charge in [-0.25, -0.2) is 4.98 Å². The van der Waals surface area contributed by atoms with Gasteiger partial charge in [0, 0.05) is 32.4 Å². The van der Waals surface area contributed by atoms with Gasteiger partial charge in [0.05, 0.1) is 26.8 Å². The van der Waals surface area contributed by atoms with Crippen LogP contribution in [0.5, 0.6) is 0 Å². The minimum Gasteiger partial charge on any atom is -0.349 e. The molecule has 7 nitrogen and oxygen atoms in total. The second kappa shape index (κ2) is 8.22. The molecule has 2 aromatic heterocycles. The van der Waals surface area contributed by atoms with Crippen LogP contribution in [0.15, 0.2) is 12.4 Å². The number of nitrogens with one attached hydrogen (secondary N) is 1. The maximum Gasteiger partial charge on any atom is 0.274 e. The molecule has 1 aliphatic rings. The van der Waals surface area contributed by atoms with Crippen LogP contribution in [0.3, 0.4) is 0 Å². The zero-order chi connectivity index (χ0) is 19.7. The standard InChI is InChI=1S/C16H15Cl4N5O2/c1-24-7-8(6-21-24)15(26)22-9-2-4-25(5-3-9)16(27)13-11(18)10(17)12(19)14(20)23-13/h6-7,9H,2-5H2,1H3,(H,22,26). The van der Waals surface area contributed by atoms with Gasteiger partial charge in [0.2, 0.25) is 0 Å². The predicted octanol–water partition coefficient (Wildman–Crippen LogP) is 3.46. The van der Waals surface area contributed by atoms with Crippen LogP contribution >= 0.6 is 46.4 Å². The Kier molecular flexibility index (Phi) is 6.15. The van der Waals surface area contributed by atoms with E-state index in [4.69, 9.17) is 46.4 Å². The summed E-state index contributed by atoms with van der Waals surface area (Å²) >= 11 is 23.9. The van der Waals surface area contributed by atoms with Crippen molar-refractivity contribution >= 4 is 58.2 Å². The van der Waals surface area contributed by atoms with Crippen LogP contribution < -0.4 is 5.32 Å². The number of nitrogens with zero attached hydrogens (tertiary/aromatic N) is 4. The molecule has 0 aliphatic carbocycles. The average molecular weight is 451 g/mol. The Hall–Kier alpha value is -1.54. The van der Waals surface area contributed by atoms with Crippen molar-refractivity contribution in [3.8, 4) is 0 Å². The van der Waals surface area contributed by atoms with Gasteiger partial charge in [-0.05, 0) is 12.8 Å². The number of carbonyl (C=O) groups excluding carboxylic acids is 2. The number of piperidine rings is 1. The van der Waals surface area contributed by atoms with Crippen molar-refractivity contribution in [1.29, 1.82) is 0 Å². The lowest BCUT2D eigenvalue weighted by molar-refractivity contribution is 0.0692. The highest BCUT2D eigenvalue weighted by Crippen LogP contribution is 2.36. The van der Waals surface area contributed by atoms with Gasteiger partial charge in [-0.2, -0.15) is 5.10 Å². The number of hydrogen-bond donors (Lipinski definition) is 1. The van der Waals surface area contributed by atoms with Crippen molar-refractivity contribution in [1.82, 2.24) is 25.0 Å². The molecule has 1 saturated heterocycles. The predicted molar refractivity (Wildman–Crippen MR) is 104 cm³/mol. The van der Waals surface area contributed by atoms with Crippen molar-refractivity contribution in [2.75, 3.05) is 13.1 Å². The molecule has 1 fully saturated rings. The fourth-order valence-corrected chi connectivity index (χ4v) is 3.62. The average Bonchev–Trinajstić information content (AvgIpc) is 3.09. The summed E-state index contributed by atoms with van der Waals surface area (Å²) in [5, 5.41) is 6.84. The van der Waals surface area contributed by atoms with Crippen LogP contribution in [0.4, 0.5) is 0 Å². The maximum atomic E-state index is 12.7. The fourth-order valence-electron chi connectivity index (χ4n) is 2.81. The fraction of sp³-hybridized carbons (Fsp3) is 0.375. The molecule has 2 aromatic rings. The van der Waals surface area contributed by atoms with Crippen molar-refractivity contribution < 1.29 is 9.59 Å². The number of carbonyl (C=O) groups is 2. The van der Waals surface area contributed by atoms with E-state index in [1.165, 1.54) is 6.20 Å². The van der Waals surface area contributed by atoms with Gasteiger partial charge in [0.15, 0.2) is 0 Å². The number of pyridine rings is 1.